The fraction of sp³-hybridized carbons (Fsp3) is 0.611. The molecule has 2 rings (SSSR count). The Morgan fingerprint density at radius 2 is 1.74 bits per heavy atom. The van der Waals surface area contributed by atoms with Crippen LogP contribution in [0.4, 0.5) is 0 Å². The Bertz CT molecular complexity index is 863. The Kier molecular flexibility index (Phi) is 6.26. The molecule has 0 amide bonds. The van der Waals surface area contributed by atoms with Crippen LogP contribution in [0.25, 0.3) is 0 Å². The minimum absolute atomic E-state index is 0.136. The minimum Gasteiger partial charge on any atom is -0.454 e. The number of aromatic amines is 1. The molecule has 1 unspecified atom stereocenters. The van der Waals surface area contributed by atoms with E-state index in [1.807, 2.05) is 0 Å². The van der Waals surface area contributed by atoms with E-state index in [-0.39, 0.29) is 24.6 Å². The molecule has 1 aromatic heterocycles. The predicted molar refractivity (Wildman–Crippen MR) is 99.3 cm³/mol. The molecular formula is C18H26N2O6S. The Balaban J connectivity index is 2.02. The van der Waals surface area contributed by atoms with Gasteiger partial charge in [-0.2, -0.15) is 0 Å². The lowest BCUT2D eigenvalue weighted by Crippen LogP contribution is -2.41. The molecule has 2 heterocycles. The summed E-state index contributed by atoms with van der Waals surface area (Å²) in [5, 5.41) is 0. The van der Waals surface area contributed by atoms with Gasteiger partial charge in [0.05, 0.1) is 17.9 Å². The summed E-state index contributed by atoms with van der Waals surface area (Å²) in [6.07, 6.45) is 0.869. The van der Waals surface area contributed by atoms with Crippen molar-refractivity contribution in [1.29, 1.82) is 0 Å². The van der Waals surface area contributed by atoms with Crippen molar-refractivity contribution in [3.63, 3.8) is 0 Å². The Labute approximate surface area is 159 Å². The van der Waals surface area contributed by atoms with Gasteiger partial charge in [-0.3, -0.25) is 14.4 Å². The van der Waals surface area contributed by atoms with E-state index in [1.165, 1.54) is 18.2 Å². The van der Waals surface area contributed by atoms with Crippen LogP contribution >= 0.6 is 0 Å². The molecule has 1 saturated heterocycles. The summed E-state index contributed by atoms with van der Waals surface area (Å²) in [5.74, 6) is -1.47. The van der Waals surface area contributed by atoms with Crippen LogP contribution in [0.3, 0.4) is 0 Å². The predicted octanol–water partition coefficient (Wildman–Crippen LogP) is 1.62. The van der Waals surface area contributed by atoms with Crippen LogP contribution in [-0.4, -0.2) is 60.7 Å². The lowest BCUT2D eigenvalue weighted by atomic mass is 9.98. The molecule has 150 valence electrons. The molecule has 1 atom stereocenters. The van der Waals surface area contributed by atoms with Gasteiger partial charge in [-0.05, 0) is 46.1 Å². The minimum atomic E-state index is -3.27. The number of aromatic nitrogens is 1. The highest BCUT2D eigenvalue weighted by atomic mass is 32.2. The number of hydrogen-bond donors (Lipinski definition) is 1. The van der Waals surface area contributed by atoms with Crippen molar-refractivity contribution in [2.75, 3.05) is 19.3 Å². The molecular weight excluding hydrogens is 372 g/mol. The smallest absolute Gasteiger partial charge is 0.309 e. The maximum Gasteiger partial charge on any atom is 0.309 e. The van der Waals surface area contributed by atoms with E-state index in [1.54, 1.807) is 13.8 Å². The molecule has 1 aliphatic heterocycles. The number of hydrogen-bond acceptors (Lipinski definition) is 6. The zero-order valence-corrected chi connectivity index (χ0v) is 17.1. The van der Waals surface area contributed by atoms with Gasteiger partial charge in [0, 0.05) is 24.3 Å². The number of esters is 1. The van der Waals surface area contributed by atoms with Gasteiger partial charge in [0.25, 0.3) is 0 Å². The van der Waals surface area contributed by atoms with Crippen molar-refractivity contribution in [2.24, 2.45) is 5.92 Å². The summed E-state index contributed by atoms with van der Waals surface area (Å²) in [6, 6.07) is 0. The molecule has 9 heteroatoms. The van der Waals surface area contributed by atoms with Crippen LogP contribution in [0.2, 0.25) is 0 Å². The number of rotatable bonds is 6. The summed E-state index contributed by atoms with van der Waals surface area (Å²) in [5.41, 5.74) is 1.90. The molecule has 1 aliphatic rings. The first-order chi connectivity index (χ1) is 12.4. The maximum absolute atomic E-state index is 12.6. The van der Waals surface area contributed by atoms with Crippen LogP contribution in [0.15, 0.2) is 0 Å². The van der Waals surface area contributed by atoms with Crippen LogP contribution in [0, 0.1) is 19.8 Å². The molecule has 27 heavy (non-hydrogen) atoms. The highest BCUT2D eigenvalue weighted by molar-refractivity contribution is 7.88. The summed E-state index contributed by atoms with van der Waals surface area (Å²) >= 11 is 0. The van der Waals surface area contributed by atoms with E-state index in [0.717, 1.165) is 6.26 Å². The number of ketones is 2. The van der Waals surface area contributed by atoms with Gasteiger partial charge in [0.1, 0.15) is 0 Å². The molecule has 1 N–H and O–H groups in total. The highest BCUT2D eigenvalue weighted by Gasteiger charge is 2.32. The molecule has 0 aromatic carbocycles. The molecule has 0 bridgehead atoms. The number of aryl methyl sites for hydroxylation is 1. The van der Waals surface area contributed by atoms with E-state index < -0.39 is 33.8 Å². The first kappa shape index (κ1) is 21.3. The number of carbonyl (C=O) groups is 3. The first-order valence-corrected chi connectivity index (χ1v) is 10.7. The van der Waals surface area contributed by atoms with Gasteiger partial charge in [-0.15, -0.1) is 0 Å². The quantitative estimate of drug-likeness (QED) is 0.575. The Hall–Kier alpha value is -2.00. The number of piperidine rings is 1. The van der Waals surface area contributed by atoms with Crippen molar-refractivity contribution in [1.82, 2.24) is 9.29 Å². The number of H-pyrrole nitrogens is 1. The fourth-order valence-corrected chi connectivity index (χ4v) is 4.35. The molecule has 0 aliphatic carbocycles. The highest BCUT2D eigenvalue weighted by Crippen LogP contribution is 2.23. The normalized spacial score (nSPS) is 17.5. The largest absolute Gasteiger partial charge is 0.454 e. The second-order valence-corrected chi connectivity index (χ2v) is 9.04. The van der Waals surface area contributed by atoms with Crippen molar-refractivity contribution >= 4 is 27.6 Å². The average molecular weight is 398 g/mol. The molecule has 1 fully saturated rings. The van der Waals surface area contributed by atoms with Gasteiger partial charge in [0.2, 0.25) is 15.8 Å². The zero-order valence-electron chi connectivity index (χ0n) is 16.3. The van der Waals surface area contributed by atoms with Gasteiger partial charge in [-0.25, -0.2) is 12.7 Å². The van der Waals surface area contributed by atoms with Gasteiger partial charge < -0.3 is 9.72 Å². The second kappa shape index (κ2) is 7.93. The zero-order chi connectivity index (χ0) is 20.5. The van der Waals surface area contributed by atoms with Gasteiger partial charge in [0.15, 0.2) is 11.9 Å². The van der Waals surface area contributed by atoms with Crippen molar-refractivity contribution in [3.8, 4) is 0 Å². The van der Waals surface area contributed by atoms with Crippen LogP contribution < -0.4 is 0 Å². The van der Waals surface area contributed by atoms with E-state index >= 15 is 0 Å². The maximum atomic E-state index is 12.6. The fourth-order valence-electron chi connectivity index (χ4n) is 3.47. The third kappa shape index (κ3) is 4.65. The van der Waals surface area contributed by atoms with Gasteiger partial charge in [-0.1, -0.05) is 0 Å². The van der Waals surface area contributed by atoms with Crippen LogP contribution in [-0.2, 0) is 19.6 Å². The van der Waals surface area contributed by atoms with Gasteiger partial charge >= 0.3 is 5.97 Å². The first-order valence-electron chi connectivity index (χ1n) is 8.83. The monoisotopic (exact) mass is 398 g/mol. The van der Waals surface area contributed by atoms with Crippen LogP contribution in [0.5, 0.6) is 0 Å². The standard InChI is InChI=1S/C18H26N2O6S/c1-10-15(12(3)21)11(2)19-16(10)17(22)13(4)26-18(23)14-6-8-20(9-7-14)27(5,24)25/h13-14,19H,6-9H2,1-5H3. The lowest BCUT2D eigenvalue weighted by Gasteiger charge is -2.29. The molecule has 8 nitrogen and oxygen atoms in total. The van der Waals surface area contributed by atoms with E-state index in [0.29, 0.717) is 29.7 Å². The van der Waals surface area contributed by atoms with Crippen molar-refractivity contribution in [2.45, 2.75) is 46.6 Å². The SMILES string of the molecule is CC(=O)c1c(C)[nH]c(C(=O)C(C)OC(=O)C2CCN(S(C)(=O)=O)CC2)c1C. The molecule has 0 saturated carbocycles. The van der Waals surface area contributed by atoms with Crippen molar-refractivity contribution < 1.29 is 27.5 Å². The van der Waals surface area contributed by atoms with E-state index in [2.05, 4.69) is 4.98 Å². The summed E-state index contributed by atoms with van der Waals surface area (Å²) in [6.45, 7) is 6.85. The molecule has 1 aromatic rings. The van der Waals surface area contributed by atoms with E-state index in [9.17, 15) is 22.8 Å². The molecule has 0 radical (unpaired) electrons. The second-order valence-electron chi connectivity index (χ2n) is 7.06. The summed E-state index contributed by atoms with van der Waals surface area (Å²) < 4.78 is 29.7. The van der Waals surface area contributed by atoms with Crippen LogP contribution in [0.1, 0.15) is 58.8 Å². The number of sulfonamides is 1. The third-order valence-electron chi connectivity index (χ3n) is 4.95. The number of nitrogens with one attached hydrogen (secondary N) is 1. The summed E-state index contributed by atoms with van der Waals surface area (Å²) in [4.78, 5) is 39.6. The molecule has 0 spiro atoms. The Morgan fingerprint density at radius 3 is 2.19 bits per heavy atom. The number of carbonyl (C=O) groups excluding carboxylic acids is 3. The summed E-state index contributed by atoms with van der Waals surface area (Å²) in [7, 11) is -3.27. The third-order valence-corrected chi connectivity index (χ3v) is 6.26. The average Bonchev–Trinajstić information content (AvgIpc) is 2.87. The van der Waals surface area contributed by atoms with Crippen molar-refractivity contribution in [3.05, 3.63) is 22.5 Å². The lowest BCUT2D eigenvalue weighted by molar-refractivity contribution is -0.152. The number of Topliss-reactive ketones (excluding diaryl/α,β-unsaturated/α-hetero) is 2. The number of ether oxygens (including phenoxy) is 1. The topological polar surface area (TPSA) is 114 Å². The van der Waals surface area contributed by atoms with E-state index in [4.69, 9.17) is 4.74 Å². The Morgan fingerprint density at radius 1 is 1.19 bits per heavy atom. The number of nitrogens with zero attached hydrogens (tertiary/aromatic N) is 1.